The van der Waals surface area contributed by atoms with Crippen molar-refractivity contribution < 1.29 is 9.59 Å². The minimum absolute atomic E-state index is 0.0822. The SMILES string of the molecule is O=C(CN1CCN(C(=O)C=Cc2cc(Cl)cc(Cl)c2)CC1)Nc1ccccc1Cl. The molecule has 1 heterocycles. The molecule has 2 aromatic carbocycles. The lowest BCUT2D eigenvalue weighted by atomic mass is 10.2. The normalized spacial score (nSPS) is 14.9. The molecule has 0 bridgehead atoms. The van der Waals surface area contributed by atoms with E-state index in [9.17, 15) is 9.59 Å². The van der Waals surface area contributed by atoms with Gasteiger partial charge in [-0.05, 0) is 42.0 Å². The predicted molar refractivity (Wildman–Crippen MR) is 119 cm³/mol. The van der Waals surface area contributed by atoms with Gasteiger partial charge in [0.15, 0.2) is 0 Å². The van der Waals surface area contributed by atoms with Crippen LogP contribution in [-0.4, -0.2) is 54.3 Å². The summed E-state index contributed by atoms with van der Waals surface area (Å²) in [4.78, 5) is 28.4. The number of anilines is 1. The molecule has 1 N–H and O–H groups in total. The number of hydrogen-bond donors (Lipinski definition) is 1. The summed E-state index contributed by atoms with van der Waals surface area (Å²) in [6.45, 7) is 2.61. The van der Waals surface area contributed by atoms with E-state index < -0.39 is 0 Å². The van der Waals surface area contributed by atoms with Crippen LogP contribution < -0.4 is 5.32 Å². The number of nitrogens with one attached hydrogen (secondary N) is 1. The number of rotatable bonds is 5. The van der Waals surface area contributed by atoms with Crippen molar-refractivity contribution in [3.63, 3.8) is 0 Å². The molecule has 5 nitrogen and oxygen atoms in total. The van der Waals surface area contributed by atoms with E-state index in [0.717, 1.165) is 5.56 Å². The minimum atomic E-state index is -0.129. The van der Waals surface area contributed by atoms with Crippen LogP contribution in [0.25, 0.3) is 6.08 Å². The highest BCUT2D eigenvalue weighted by molar-refractivity contribution is 6.35. The van der Waals surface area contributed by atoms with Crippen LogP contribution in [0.15, 0.2) is 48.5 Å². The maximum absolute atomic E-state index is 12.4. The van der Waals surface area contributed by atoms with Gasteiger partial charge in [-0.1, -0.05) is 46.9 Å². The molecule has 1 aliphatic rings. The summed E-state index contributed by atoms with van der Waals surface area (Å²) in [6.07, 6.45) is 3.21. The number of para-hydroxylation sites is 1. The number of halogens is 3. The highest BCUT2D eigenvalue weighted by Gasteiger charge is 2.21. The van der Waals surface area contributed by atoms with E-state index in [1.165, 1.54) is 6.08 Å². The average molecular weight is 453 g/mol. The second-order valence-electron chi connectivity index (χ2n) is 6.67. The van der Waals surface area contributed by atoms with Crippen molar-refractivity contribution >= 4 is 58.4 Å². The van der Waals surface area contributed by atoms with Gasteiger partial charge >= 0.3 is 0 Å². The second kappa shape index (κ2) is 10.1. The fourth-order valence-electron chi connectivity index (χ4n) is 3.03. The molecule has 0 aliphatic carbocycles. The number of piperazine rings is 1. The van der Waals surface area contributed by atoms with Crippen molar-refractivity contribution in [3.05, 3.63) is 69.2 Å². The zero-order valence-electron chi connectivity index (χ0n) is 15.6. The number of amides is 2. The summed E-state index contributed by atoms with van der Waals surface area (Å²) in [7, 11) is 0. The average Bonchev–Trinajstić information content (AvgIpc) is 2.68. The quantitative estimate of drug-likeness (QED) is 0.682. The third kappa shape index (κ3) is 6.47. The minimum Gasteiger partial charge on any atom is -0.337 e. The molecule has 0 aromatic heterocycles. The molecule has 0 unspecified atom stereocenters. The lowest BCUT2D eigenvalue weighted by Crippen LogP contribution is -2.50. The summed E-state index contributed by atoms with van der Waals surface area (Å²) >= 11 is 18.0. The molecular weight excluding hydrogens is 433 g/mol. The first-order valence-electron chi connectivity index (χ1n) is 9.10. The van der Waals surface area contributed by atoms with E-state index in [1.807, 2.05) is 17.0 Å². The molecule has 8 heteroatoms. The Balaban J connectivity index is 1.47. The third-order valence-electron chi connectivity index (χ3n) is 4.50. The number of carbonyl (C=O) groups excluding carboxylic acids is 2. The van der Waals surface area contributed by atoms with Crippen LogP contribution in [0, 0.1) is 0 Å². The van der Waals surface area contributed by atoms with Crippen LogP contribution in [0.4, 0.5) is 5.69 Å². The summed E-state index contributed by atoms with van der Waals surface area (Å²) in [5, 5.41) is 4.36. The van der Waals surface area contributed by atoms with Crippen LogP contribution in [0.2, 0.25) is 15.1 Å². The topological polar surface area (TPSA) is 52.7 Å². The number of carbonyl (C=O) groups is 2. The molecule has 0 atom stereocenters. The van der Waals surface area contributed by atoms with E-state index in [-0.39, 0.29) is 18.4 Å². The summed E-state index contributed by atoms with van der Waals surface area (Å²) in [5.41, 5.74) is 1.37. The smallest absolute Gasteiger partial charge is 0.246 e. The molecule has 1 fully saturated rings. The van der Waals surface area contributed by atoms with Crippen LogP contribution in [0.3, 0.4) is 0 Å². The Hall–Kier alpha value is -2.05. The van der Waals surface area contributed by atoms with E-state index in [0.29, 0.717) is 46.9 Å². The molecule has 1 saturated heterocycles. The molecule has 3 rings (SSSR count). The Morgan fingerprint density at radius 1 is 0.966 bits per heavy atom. The molecule has 0 spiro atoms. The molecule has 2 aromatic rings. The highest BCUT2D eigenvalue weighted by atomic mass is 35.5. The van der Waals surface area contributed by atoms with Crippen LogP contribution >= 0.6 is 34.8 Å². The van der Waals surface area contributed by atoms with Gasteiger partial charge in [0, 0.05) is 42.3 Å². The highest BCUT2D eigenvalue weighted by Crippen LogP contribution is 2.21. The first-order chi connectivity index (χ1) is 13.9. The molecule has 29 heavy (non-hydrogen) atoms. The van der Waals surface area contributed by atoms with Crippen LogP contribution in [0.5, 0.6) is 0 Å². The van der Waals surface area contributed by atoms with Gasteiger partial charge in [-0.2, -0.15) is 0 Å². The van der Waals surface area contributed by atoms with Gasteiger partial charge in [-0.3, -0.25) is 14.5 Å². The third-order valence-corrected chi connectivity index (χ3v) is 5.27. The largest absolute Gasteiger partial charge is 0.337 e. The molecule has 2 amide bonds. The Morgan fingerprint density at radius 2 is 1.62 bits per heavy atom. The Labute approximate surface area is 184 Å². The fourth-order valence-corrected chi connectivity index (χ4v) is 3.75. The lowest BCUT2D eigenvalue weighted by Gasteiger charge is -2.33. The maximum atomic E-state index is 12.4. The Morgan fingerprint density at radius 3 is 2.28 bits per heavy atom. The Bertz CT molecular complexity index is 905. The first-order valence-corrected chi connectivity index (χ1v) is 10.2. The summed E-state index contributed by atoms with van der Waals surface area (Å²) < 4.78 is 0. The fraction of sp³-hybridized carbons (Fsp3) is 0.238. The predicted octanol–water partition coefficient (Wildman–Crippen LogP) is 4.44. The van der Waals surface area contributed by atoms with Crippen molar-refractivity contribution in [3.8, 4) is 0 Å². The van der Waals surface area contributed by atoms with Gasteiger partial charge in [0.25, 0.3) is 0 Å². The van der Waals surface area contributed by atoms with Gasteiger partial charge in [0.05, 0.1) is 17.3 Å². The maximum Gasteiger partial charge on any atom is 0.246 e. The van der Waals surface area contributed by atoms with Gasteiger partial charge in [-0.25, -0.2) is 0 Å². The molecule has 1 aliphatic heterocycles. The zero-order valence-corrected chi connectivity index (χ0v) is 17.8. The van der Waals surface area contributed by atoms with Crippen molar-refractivity contribution in [2.24, 2.45) is 0 Å². The Kier molecular flexibility index (Phi) is 7.56. The second-order valence-corrected chi connectivity index (χ2v) is 7.95. The van der Waals surface area contributed by atoms with Gasteiger partial charge in [0.1, 0.15) is 0 Å². The van der Waals surface area contributed by atoms with Crippen molar-refractivity contribution in [1.29, 1.82) is 0 Å². The lowest BCUT2D eigenvalue weighted by molar-refractivity contribution is -0.127. The van der Waals surface area contributed by atoms with E-state index in [2.05, 4.69) is 5.32 Å². The number of nitrogens with zero attached hydrogens (tertiary/aromatic N) is 2. The van der Waals surface area contributed by atoms with Crippen molar-refractivity contribution in [2.75, 3.05) is 38.0 Å². The number of hydrogen-bond acceptors (Lipinski definition) is 3. The summed E-state index contributed by atoms with van der Waals surface area (Å²) in [6, 6.07) is 12.2. The monoisotopic (exact) mass is 451 g/mol. The van der Waals surface area contributed by atoms with Crippen LogP contribution in [-0.2, 0) is 9.59 Å². The van der Waals surface area contributed by atoms with E-state index in [4.69, 9.17) is 34.8 Å². The van der Waals surface area contributed by atoms with Crippen LogP contribution in [0.1, 0.15) is 5.56 Å². The van der Waals surface area contributed by atoms with Gasteiger partial charge < -0.3 is 10.2 Å². The molecule has 152 valence electrons. The van der Waals surface area contributed by atoms with Crippen molar-refractivity contribution in [2.45, 2.75) is 0 Å². The molecule has 0 radical (unpaired) electrons. The van der Waals surface area contributed by atoms with Gasteiger partial charge in [0.2, 0.25) is 11.8 Å². The summed E-state index contributed by atoms with van der Waals surface area (Å²) in [5.74, 6) is -0.211. The van der Waals surface area contributed by atoms with E-state index in [1.54, 1.807) is 41.3 Å². The molecule has 0 saturated carbocycles. The van der Waals surface area contributed by atoms with Crippen molar-refractivity contribution in [1.82, 2.24) is 9.80 Å². The van der Waals surface area contributed by atoms with Gasteiger partial charge in [-0.15, -0.1) is 0 Å². The number of benzene rings is 2. The molecular formula is C21H20Cl3N3O2. The van der Waals surface area contributed by atoms with E-state index >= 15 is 0 Å². The standard InChI is InChI=1S/C21H20Cl3N3O2/c22-16-11-15(12-17(23)13-16)5-6-21(29)27-9-7-26(8-10-27)14-20(28)25-19-4-2-1-3-18(19)24/h1-6,11-13H,7-10,14H2,(H,25,28). The zero-order chi connectivity index (χ0) is 20.8. The first kappa shape index (κ1) is 21.7.